The number of amides is 1. The molecule has 1 N–H and O–H groups in total. The van der Waals surface area contributed by atoms with Crippen molar-refractivity contribution in [3.63, 3.8) is 0 Å². The zero-order chi connectivity index (χ0) is 17.8. The Kier molecular flexibility index (Phi) is 6.56. The molecule has 1 heterocycles. The number of carbonyl (C=O) groups excluding carboxylic acids is 1. The fraction of sp³-hybridized carbons (Fsp3) is 0.625. The topological polar surface area (TPSA) is 45.2 Å². The first kappa shape index (κ1) is 19.4. The SMILES string of the molecule is Cc1nc(C(F)(F)F)ccc1C(=O)NCCN(C(C)C)C(C)C. The van der Waals surface area contributed by atoms with Gasteiger partial charge >= 0.3 is 6.18 Å². The van der Waals surface area contributed by atoms with Crippen molar-refractivity contribution in [1.29, 1.82) is 0 Å². The summed E-state index contributed by atoms with van der Waals surface area (Å²) < 4.78 is 37.7. The first-order valence-corrected chi connectivity index (χ1v) is 7.62. The monoisotopic (exact) mass is 331 g/mol. The number of halogens is 3. The van der Waals surface area contributed by atoms with Crippen molar-refractivity contribution >= 4 is 5.91 Å². The molecule has 0 aliphatic carbocycles. The molecule has 0 spiro atoms. The third-order valence-electron chi connectivity index (χ3n) is 3.60. The van der Waals surface area contributed by atoms with Crippen LogP contribution in [0.1, 0.15) is 49.4 Å². The van der Waals surface area contributed by atoms with Gasteiger partial charge in [0.2, 0.25) is 0 Å². The van der Waals surface area contributed by atoms with Gasteiger partial charge in [0.15, 0.2) is 0 Å². The number of nitrogens with zero attached hydrogens (tertiary/aromatic N) is 2. The van der Waals surface area contributed by atoms with E-state index in [-0.39, 0.29) is 11.3 Å². The minimum Gasteiger partial charge on any atom is -0.351 e. The molecule has 1 aromatic rings. The van der Waals surface area contributed by atoms with Gasteiger partial charge in [0.05, 0.1) is 11.3 Å². The van der Waals surface area contributed by atoms with Gasteiger partial charge in [0.25, 0.3) is 5.91 Å². The summed E-state index contributed by atoms with van der Waals surface area (Å²) in [5, 5.41) is 2.74. The largest absolute Gasteiger partial charge is 0.433 e. The van der Waals surface area contributed by atoms with E-state index >= 15 is 0 Å². The first-order chi connectivity index (χ1) is 10.5. The number of nitrogens with one attached hydrogen (secondary N) is 1. The van der Waals surface area contributed by atoms with Crippen LogP contribution < -0.4 is 5.32 Å². The zero-order valence-corrected chi connectivity index (χ0v) is 14.2. The maximum atomic E-state index is 12.6. The fourth-order valence-corrected chi connectivity index (χ4v) is 2.47. The van der Waals surface area contributed by atoms with Crippen molar-refractivity contribution in [3.05, 3.63) is 29.1 Å². The van der Waals surface area contributed by atoms with Gasteiger partial charge in [0, 0.05) is 25.2 Å². The third kappa shape index (κ3) is 5.49. The smallest absolute Gasteiger partial charge is 0.351 e. The fourth-order valence-electron chi connectivity index (χ4n) is 2.47. The molecule has 0 aliphatic rings. The number of carbonyl (C=O) groups is 1. The highest BCUT2D eigenvalue weighted by Crippen LogP contribution is 2.28. The van der Waals surface area contributed by atoms with E-state index in [1.807, 2.05) is 0 Å². The number of alkyl halides is 3. The maximum absolute atomic E-state index is 12.6. The summed E-state index contributed by atoms with van der Waals surface area (Å²) in [6.07, 6.45) is -4.51. The summed E-state index contributed by atoms with van der Waals surface area (Å²) in [6, 6.07) is 2.70. The molecule has 23 heavy (non-hydrogen) atoms. The van der Waals surface area contributed by atoms with Crippen molar-refractivity contribution in [1.82, 2.24) is 15.2 Å². The van der Waals surface area contributed by atoms with Crippen LogP contribution in [0.25, 0.3) is 0 Å². The number of hydrogen-bond donors (Lipinski definition) is 1. The van der Waals surface area contributed by atoms with Crippen LogP contribution in [-0.4, -0.2) is 41.0 Å². The highest BCUT2D eigenvalue weighted by atomic mass is 19.4. The van der Waals surface area contributed by atoms with Crippen LogP contribution in [0.3, 0.4) is 0 Å². The van der Waals surface area contributed by atoms with E-state index in [1.165, 1.54) is 13.0 Å². The summed E-state index contributed by atoms with van der Waals surface area (Å²) in [7, 11) is 0. The first-order valence-electron chi connectivity index (χ1n) is 7.62. The van der Waals surface area contributed by atoms with Crippen LogP contribution in [0.5, 0.6) is 0 Å². The van der Waals surface area contributed by atoms with Crippen LogP contribution in [0.4, 0.5) is 13.2 Å². The highest BCUT2D eigenvalue weighted by Gasteiger charge is 2.33. The molecule has 1 rings (SSSR count). The molecule has 0 bridgehead atoms. The molecule has 0 unspecified atom stereocenters. The molecule has 0 aromatic carbocycles. The summed E-state index contributed by atoms with van der Waals surface area (Å²) in [6.45, 7) is 10.8. The second-order valence-corrected chi connectivity index (χ2v) is 6.01. The van der Waals surface area contributed by atoms with Crippen LogP contribution in [0.2, 0.25) is 0 Å². The van der Waals surface area contributed by atoms with Crippen LogP contribution in [-0.2, 0) is 6.18 Å². The van der Waals surface area contributed by atoms with E-state index in [9.17, 15) is 18.0 Å². The highest BCUT2D eigenvalue weighted by molar-refractivity contribution is 5.95. The molecular weight excluding hydrogens is 307 g/mol. The van der Waals surface area contributed by atoms with E-state index in [0.29, 0.717) is 25.2 Å². The lowest BCUT2D eigenvalue weighted by Crippen LogP contribution is -2.42. The minimum atomic E-state index is -4.51. The predicted octanol–water partition coefficient (Wildman–Crippen LogP) is 3.26. The van der Waals surface area contributed by atoms with Crippen molar-refractivity contribution in [3.8, 4) is 0 Å². The Labute approximate surface area is 135 Å². The molecule has 130 valence electrons. The standard InChI is InChI=1S/C16H24F3N3O/c1-10(2)22(11(3)4)9-8-20-15(23)13-6-7-14(16(17,18)19)21-12(13)5/h6-7,10-11H,8-9H2,1-5H3,(H,20,23). The van der Waals surface area contributed by atoms with Gasteiger partial charge in [-0.05, 0) is 46.8 Å². The van der Waals surface area contributed by atoms with E-state index in [2.05, 4.69) is 42.9 Å². The second kappa shape index (κ2) is 7.77. The minimum absolute atomic E-state index is 0.0712. The average Bonchev–Trinajstić information content (AvgIpc) is 2.41. The summed E-state index contributed by atoms with van der Waals surface area (Å²) in [5.74, 6) is -0.406. The molecule has 4 nitrogen and oxygen atoms in total. The zero-order valence-electron chi connectivity index (χ0n) is 14.2. The van der Waals surface area contributed by atoms with Crippen molar-refractivity contribution in [2.24, 2.45) is 0 Å². The maximum Gasteiger partial charge on any atom is 0.433 e. The van der Waals surface area contributed by atoms with E-state index in [4.69, 9.17) is 0 Å². The van der Waals surface area contributed by atoms with Crippen molar-refractivity contribution < 1.29 is 18.0 Å². The predicted molar refractivity (Wildman–Crippen MR) is 83.3 cm³/mol. The van der Waals surface area contributed by atoms with Gasteiger partial charge in [-0.25, -0.2) is 4.98 Å². The van der Waals surface area contributed by atoms with Gasteiger partial charge in [0.1, 0.15) is 5.69 Å². The van der Waals surface area contributed by atoms with E-state index in [0.717, 1.165) is 6.07 Å². The Hall–Kier alpha value is -1.63. The second-order valence-electron chi connectivity index (χ2n) is 6.01. The lowest BCUT2D eigenvalue weighted by molar-refractivity contribution is -0.141. The van der Waals surface area contributed by atoms with Crippen LogP contribution >= 0.6 is 0 Å². The number of aryl methyl sites for hydroxylation is 1. The Morgan fingerprint density at radius 1 is 1.22 bits per heavy atom. The Balaban J connectivity index is 2.69. The molecule has 0 saturated carbocycles. The van der Waals surface area contributed by atoms with Gasteiger partial charge in [-0.2, -0.15) is 13.2 Å². The van der Waals surface area contributed by atoms with Crippen LogP contribution in [0.15, 0.2) is 12.1 Å². The summed E-state index contributed by atoms with van der Waals surface area (Å²) in [5.41, 5.74) is -0.752. The normalized spacial score (nSPS) is 12.3. The molecule has 0 fully saturated rings. The molecule has 0 aliphatic heterocycles. The molecule has 0 radical (unpaired) electrons. The Morgan fingerprint density at radius 3 is 2.22 bits per heavy atom. The molecule has 7 heteroatoms. The number of pyridine rings is 1. The lowest BCUT2D eigenvalue weighted by atomic mass is 10.1. The van der Waals surface area contributed by atoms with E-state index < -0.39 is 17.8 Å². The Morgan fingerprint density at radius 2 is 1.78 bits per heavy atom. The number of hydrogen-bond acceptors (Lipinski definition) is 3. The van der Waals surface area contributed by atoms with E-state index in [1.54, 1.807) is 0 Å². The molecular formula is C16H24F3N3O. The lowest BCUT2D eigenvalue weighted by Gasteiger charge is -2.30. The average molecular weight is 331 g/mol. The van der Waals surface area contributed by atoms with Gasteiger partial charge in [-0.15, -0.1) is 0 Å². The van der Waals surface area contributed by atoms with Crippen molar-refractivity contribution in [2.45, 2.75) is 52.9 Å². The molecule has 1 amide bonds. The Bertz CT molecular complexity index is 534. The quantitative estimate of drug-likeness (QED) is 0.870. The molecule has 0 atom stereocenters. The van der Waals surface area contributed by atoms with Crippen LogP contribution in [0, 0.1) is 6.92 Å². The summed E-state index contributed by atoms with van der Waals surface area (Å²) in [4.78, 5) is 17.8. The van der Waals surface area contributed by atoms with Gasteiger partial charge in [-0.1, -0.05) is 0 Å². The van der Waals surface area contributed by atoms with Crippen molar-refractivity contribution in [2.75, 3.05) is 13.1 Å². The summed E-state index contributed by atoms with van der Waals surface area (Å²) >= 11 is 0. The number of aromatic nitrogens is 1. The molecule has 1 aromatic heterocycles. The van der Waals surface area contributed by atoms with Gasteiger partial charge in [-0.3, -0.25) is 9.69 Å². The number of rotatable bonds is 6. The van der Waals surface area contributed by atoms with Gasteiger partial charge < -0.3 is 5.32 Å². The molecule has 0 saturated heterocycles. The third-order valence-corrected chi connectivity index (χ3v) is 3.60.